The van der Waals surface area contributed by atoms with Gasteiger partial charge in [0.2, 0.25) is 5.91 Å². The Hall–Kier alpha value is -2.47. The topological polar surface area (TPSA) is 72.5 Å². The molecule has 1 spiro atoms. The van der Waals surface area contributed by atoms with E-state index in [0.717, 1.165) is 10.0 Å². The number of esters is 1. The molecule has 3 atom stereocenters. The smallest absolute Gasteiger partial charge is 0.311 e. The summed E-state index contributed by atoms with van der Waals surface area (Å²) in [7, 11) is 0. The van der Waals surface area contributed by atoms with Crippen molar-refractivity contribution < 1.29 is 19.1 Å². The van der Waals surface area contributed by atoms with E-state index in [9.17, 15) is 14.4 Å². The number of aryl methyl sites for hydroxylation is 1. The Morgan fingerprint density at radius 3 is 2.52 bits per heavy atom. The van der Waals surface area contributed by atoms with Crippen LogP contribution in [0.1, 0.15) is 28.4 Å². The maximum Gasteiger partial charge on any atom is 0.311 e. The van der Waals surface area contributed by atoms with E-state index in [2.05, 4.69) is 21.2 Å². The van der Waals surface area contributed by atoms with Crippen molar-refractivity contribution in [1.29, 1.82) is 0 Å². The molecule has 1 fully saturated rings. The molecule has 1 aliphatic heterocycles. The highest BCUT2D eigenvalue weighted by molar-refractivity contribution is 9.10. The first kappa shape index (κ1) is 17.9. The van der Waals surface area contributed by atoms with E-state index in [-0.39, 0.29) is 18.3 Å². The lowest BCUT2D eigenvalue weighted by molar-refractivity contribution is -0.146. The molecule has 2 aromatic carbocycles. The molecule has 1 heterocycles. The second-order valence-electron chi connectivity index (χ2n) is 6.95. The molecular formula is C21H18BrNO4. The predicted molar refractivity (Wildman–Crippen MR) is 104 cm³/mol. The molecule has 1 N–H and O–H groups in total. The minimum atomic E-state index is -1.20. The van der Waals surface area contributed by atoms with Crippen molar-refractivity contribution in [3.05, 3.63) is 63.6 Å². The fourth-order valence-electron chi connectivity index (χ4n) is 4.13. The average molecular weight is 428 g/mol. The van der Waals surface area contributed by atoms with Gasteiger partial charge in [-0.1, -0.05) is 45.8 Å². The minimum Gasteiger partial charge on any atom is -0.466 e. The lowest BCUT2D eigenvalue weighted by atomic mass is 9.91. The Morgan fingerprint density at radius 1 is 1.15 bits per heavy atom. The van der Waals surface area contributed by atoms with Gasteiger partial charge in [0, 0.05) is 15.7 Å². The molecule has 138 valence electrons. The number of amides is 1. The number of hydrogen-bond acceptors (Lipinski definition) is 4. The second-order valence-corrected chi connectivity index (χ2v) is 7.87. The van der Waals surface area contributed by atoms with E-state index >= 15 is 0 Å². The molecule has 1 aliphatic carbocycles. The van der Waals surface area contributed by atoms with Crippen LogP contribution in [0.4, 0.5) is 5.69 Å². The average Bonchev–Trinajstić information content (AvgIpc) is 3.26. The normalized spacial score (nSPS) is 25.1. The van der Waals surface area contributed by atoms with Gasteiger partial charge in [0.25, 0.3) is 0 Å². The highest BCUT2D eigenvalue weighted by Crippen LogP contribution is 2.66. The number of halogens is 1. The molecule has 0 aromatic heterocycles. The van der Waals surface area contributed by atoms with Crippen molar-refractivity contribution in [1.82, 2.24) is 0 Å². The third-order valence-corrected chi connectivity index (χ3v) is 5.91. The number of anilines is 1. The lowest BCUT2D eigenvalue weighted by Crippen LogP contribution is -2.26. The molecule has 1 unspecified atom stereocenters. The molecule has 4 rings (SSSR count). The van der Waals surface area contributed by atoms with Crippen LogP contribution < -0.4 is 5.32 Å². The van der Waals surface area contributed by atoms with Gasteiger partial charge in [0.15, 0.2) is 5.78 Å². The van der Waals surface area contributed by atoms with Crippen molar-refractivity contribution in [2.45, 2.75) is 19.3 Å². The van der Waals surface area contributed by atoms with Crippen LogP contribution >= 0.6 is 15.9 Å². The third kappa shape index (κ3) is 2.54. The molecule has 5 nitrogen and oxygen atoms in total. The first-order valence-electron chi connectivity index (χ1n) is 8.80. The van der Waals surface area contributed by atoms with Crippen molar-refractivity contribution >= 4 is 39.3 Å². The standard InChI is InChI=1S/C21H18BrNO4/c1-3-27-19(25)17-16(18(24)12-6-4-11(2)5-7-12)21(17)14-10-13(22)8-9-15(14)23-20(21)26/h4-10,16-17H,3H2,1-2H3,(H,23,26)/t16-,17-,21?/m1/s1. The minimum absolute atomic E-state index is 0.198. The van der Waals surface area contributed by atoms with Crippen molar-refractivity contribution in [2.24, 2.45) is 11.8 Å². The number of fused-ring (bicyclic) bond motifs is 2. The number of carbonyl (C=O) groups is 3. The number of hydrogen-bond donors (Lipinski definition) is 1. The van der Waals surface area contributed by atoms with E-state index in [4.69, 9.17) is 4.74 Å². The van der Waals surface area contributed by atoms with E-state index < -0.39 is 23.2 Å². The molecule has 2 aromatic rings. The molecule has 1 saturated carbocycles. The fraction of sp³-hybridized carbons (Fsp3) is 0.286. The number of ketones is 1. The number of rotatable bonds is 4. The summed E-state index contributed by atoms with van der Waals surface area (Å²) in [6, 6.07) is 12.6. The quantitative estimate of drug-likeness (QED) is 0.596. The first-order valence-corrected chi connectivity index (χ1v) is 9.59. The summed E-state index contributed by atoms with van der Waals surface area (Å²) in [5, 5.41) is 2.83. The van der Waals surface area contributed by atoms with Crippen molar-refractivity contribution in [3.8, 4) is 0 Å². The van der Waals surface area contributed by atoms with Crippen LogP contribution in [-0.2, 0) is 19.7 Å². The van der Waals surface area contributed by atoms with Crippen LogP contribution in [0, 0.1) is 18.8 Å². The number of ether oxygens (including phenoxy) is 1. The Kier molecular flexibility index (Phi) is 4.18. The Balaban J connectivity index is 1.82. The van der Waals surface area contributed by atoms with Crippen LogP contribution in [0.2, 0.25) is 0 Å². The lowest BCUT2D eigenvalue weighted by Gasteiger charge is -2.09. The number of benzene rings is 2. The van der Waals surface area contributed by atoms with E-state index in [1.165, 1.54) is 0 Å². The van der Waals surface area contributed by atoms with Crippen molar-refractivity contribution in [2.75, 3.05) is 11.9 Å². The SMILES string of the molecule is CCOC(=O)[C@H]1[C@H](C(=O)c2ccc(C)cc2)C12C(=O)Nc1ccc(Br)cc12. The number of nitrogens with one attached hydrogen (secondary N) is 1. The summed E-state index contributed by atoms with van der Waals surface area (Å²) >= 11 is 3.42. The van der Waals surface area contributed by atoms with Crippen molar-refractivity contribution in [3.63, 3.8) is 0 Å². The second kappa shape index (κ2) is 6.30. The zero-order valence-electron chi connectivity index (χ0n) is 14.9. The predicted octanol–water partition coefficient (Wildman–Crippen LogP) is 3.64. The molecule has 0 radical (unpaired) electrons. The van der Waals surface area contributed by atoms with Gasteiger partial charge in [-0.05, 0) is 37.6 Å². The summed E-state index contributed by atoms with van der Waals surface area (Å²) < 4.78 is 5.98. The third-order valence-electron chi connectivity index (χ3n) is 5.42. The number of Topliss-reactive ketones (excluding diaryl/α,β-unsaturated/α-hetero) is 1. The van der Waals surface area contributed by atoms with Gasteiger partial charge in [-0.15, -0.1) is 0 Å². The molecule has 6 heteroatoms. The van der Waals surface area contributed by atoms with Crippen LogP contribution in [0.25, 0.3) is 0 Å². The van der Waals surface area contributed by atoms with Crippen LogP contribution in [0.5, 0.6) is 0 Å². The summed E-state index contributed by atoms with van der Waals surface area (Å²) in [4.78, 5) is 38.8. The van der Waals surface area contributed by atoms with Gasteiger partial charge in [-0.3, -0.25) is 14.4 Å². The monoisotopic (exact) mass is 427 g/mol. The molecule has 1 amide bonds. The fourth-order valence-corrected chi connectivity index (χ4v) is 4.49. The summed E-state index contributed by atoms with van der Waals surface area (Å²) in [6.07, 6.45) is 0. The van der Waals surface area contributed by atoms with E-state index in [1.807, 2.05) is 31.2 Å². The van der Waals surface area contributed by atoms with Crippen LogP contribution in [0.3, 0.4) is 0 Å². The zero-order valence-corrected chi connectivity index (χ0v) is 16.5. The highest BCUT2D eigenvalue weighted by Gasteiger charge is 2.79. The maximum atomic E-state index is 13.2. The highest BCUT2D eigenvalue weighted by atomic mass is 79.9. The molecular weight excluding hydrogens is 410 g/mol. The van der Waals surface area contributed by atoms with Crippen LogP contribution in [-0.4, -0.2) is 24.3 Å². The van der Waals surface area contributed by atoms with E-state index in [1.54, 1.807) is 25.1 Å². The summed E-state index contributed by atoms with van der Waals surface area (Å²) in [5.41, 5.74) is 1.63. The Bertz CT molecular complexity index is 969. The first-order chi connectivity index (χ1) is 12.9. The molecule has 0 saturated heterocycles. The molecule has 27 heavy (non-hydrogen) atoms. The molecule has 2 aliphatic rings. The zero-order chi connectivity index (χ0) is 19.3. The maximum absolute atomic E-state index is 13.2. The van der Waals surface area contributed by atoms with Gasteiger partial charge < -0.3 is 10.1 Å². The Labute approximate surface area is 165 Å². The number of carbonyl (C=O) groups excluding carboxylic acids is 3. The largest absolute Gasteiger partial charge is 0.466 e. The van der Waals surface area contributed by atoms with Gasteiger partial charge >= 0.3 is 5.97 Å². The van der Waals surface area contributed by atoms with Gasteiger partial charge in [-0.25, -0.2) is 0 Å². The summed E-state index contributed by atoms with van der Waals surface area (Å²) in [6.45, 7) is 3.85. The van der Waals surface area contributed by atoms with Crippen LogP contribution in [0.15, 0.2) is 46.9 Å². The molecule has 0 bridgehead atoms. The summed E-state index contributed by atoms with van der Waals surface area (Å²) in [5.74, 6) is -2.63. The van der Waals surface area contributed by atoms with Gasteiger partial charge in [0.05, 0.1) is 18.4 Å². The van der Waals surface area contributed by atoms with E-state index in [0.29, 0.717) is 16.8 Å². The van der Waals surface area contributed by atoms with Gasteiger partial charge in [-0.2, -0.15) is 0 Å². The van der Waals surface area contributed by atoms with Gasteiger partial charge in [0.1, 0.15) is 5.41 Å². The Morgan fingerprint density at radius 2 is 1.85 bits per heavy atom.